The number of thiophene rings is 1. The van der Waals surface area contributed by atoms with Crippen molar-refractivity contribution in [2.45, 2.75) is 37.5 Å². The van der Waals surface area contributed by atoms with Gasteiger partial charge < -0.3 is 0 Å². The summed E-state index contributed by atoms with van der Waals surface area (Å²) in [6, 6.07) is 1.72. The molecule has 0 amide bonds. The standard InChI is InChI=1S/C12H18ClNO2S2/c1-3-14(8-10-4-5-10)18(15,16)12-6-11(7-13)17-9(12)2/h6,10H,3-5,7-8H2,1-2H3. The molecule has 1 heterocycles. The van der Waals surface area contributed by atoms with Gasteiger partial charge in [0, 0.05) is 22.8 Å². The molecule has 18 heavy (non-hydrogen) atoms. The molecule has 0 aliphatic heterocycles. The van der Waals surface area contributed by atoms with Gasteiger partial charge >= 0.3 is 0 Å². The average Bonchev–Trinajstić information content (AvgIpc) is 3.07. The fourth-order valence-corrected chi connectivity index (χ4v) is 5.19. The summed E-state index contributed by atoms with van der Waals surface area (Å²) in [4.78, 5) is 2.18. The number of aryl methyl sites for hydroxylation is 1. The van der Waals surface area contributed by atoms with Crippen LogP contribution < -0.4 is 0 Å². The lowest BCUT2D eigenvalue weighted by atomic mass is 10.4. The summed E-state index contributed by atoms with van der Waals surface area (Å²) in [5.74, 6) is 0.932. The van der Waals surface area contributed by atoms with Crippen molar-refractivity contribution in [3.8, 4) is 0 Å². The third-order valence-electron chi connectivity index (χ3n) is 3.18. The molecule has 6 heteroatoms. The van der Waals surface area contributed by atoms with Gasteiger partial charge in [0.25, 0.3) is 0 Å². The lowest BCUT2D eigenvalue weighted by molar-refractivity contribution is 0.412. The Morgan fingerprint density at radius 1 is 1.50 bits per heavy atom. The molecule has 0 bridgehead atoms. The van der Waals surface area contributed by atoms with Crippen molar-refractivity contribution in [2.75, 3.05) is 13.1 Å². The van der Waals surface area contributed by atoms with Crippen LogP contribution in [0.1, 0.15) is 29.5 Å². The van der Waals surface area contributed by atoms with Crippen LogP contribution in [0, 0.1) is 12.8 Å². The zero-order chi connectivity index (χ0) is 13.3. The minimum atomic E-state index is -3.34. The van der Waals surface area contributed by atoms with E-state index < -0.39 is 10.0 Å². The van der Waals surface area contributed by atoms with Gasteiger partial charge in [-0.25, -0.2) is 8.42 Å². The van der Waals surface area contributed by atoms with Gasteiger partial charge in [-0.3, -0.25) is 0 Å². The second kappa shape index (κ2) is 5.49. The lowest BCUT2D eigenvalue weighted by Crippen LogP contribution is -2.32. The van der Waals surface area contributed by atoms with Crippen LogP contribution in [0.4, 0.5) is 0 Å². The van der Waals surface area contributed by atoms with Gasteiger partial charge in [0.2, 0.25) is 10.0 Å². The fourth-order valence-electron chi connectivity index (χ4n) is 1.97. The predicted octanol–water partition coefficient (Wildman–Crippen LogP) is 3.22. The van der Waals surface area contributed by atoms with Crippen LogP contribution in [0.3, 0.4) is 0 Å². The smallest absolute Gasteiger partial charge is 0.207 e. The normalized spacial score (nSPS) is 16.4. The van der Waals surface area contributed by atoms with E-state index in [4.69, 9.17) is 11.6 Å². The van der Waals surface area contributed by atoms with Crippen molar-refractivity contribution >= 4 is 33.0 Å². The van der Waals surface area contributed by atoms with Crippen LogP contribution in [0.2, 0.25) is 0 Å². The molecule has 0 N–H and O–H groups in total. The van der Waals surface area contributed by atoms with Gasteiger partial charge in [0.05, 0.1) is 10.8 Å². The van der Waals surface area contributed by atoms with Crippen molar-refractivity contribution in [3.63, 3.8) is 0 Å². The third kappa shape index (κ3) is 2.90. The van der Waals surface area contributed by atoms with Gasteiger partial charge in [-0.2, -0.15) is 4.31 Å². The monoisotopic (exact) mass is 307 g/mol. The van der Waals surface area contributed by atoms with Gasteiger partial charge in [-0.15, -0.1) is 22.9 Å². The van der Waals surface area contributed by atoms with Gasteiger partial charge in [0.15, 0.2) is 0 Å². The van der Waals surface area contributed by atoms with E-state index in [1.807, 2.05) is 13.8 Å². The highest BCUT2D eigenvalue weighted by molar-refractivity contribution is 7.89. The minimum Gasteiger partial charge on any atom is -0.207 e. The third-order valence-corrected chi connectivity index (χ3v) is 6.88. The topological polar surface area (TPSA) is 37.4 Å². The molecule has 0 radical (unpaired) electrons. The maximum atomic E-state index is 12.6. The number of rotatable bonds is 6. The lowest BCUT2D eigenvalue weighted by Gasteiger charge is -2.20. The SMILES string of the molecule is CCN(CC1CC1)S(=O)(=O)c1cc(CCl)sc1C. The Morgan fingerprint density at radius 2 is 2.17 bits per heavy atom. The highest BCUT2D eigenvalue weighted by atomic mass is 35.5. The van der Waals surface area contributed by atoms with Crippen molar-refractivity contribution in [3.05, 3.63) is 15.8 Å². The molecule has 0 aromatic carbocycles. The van der Waals surface area contributed by atoms with Crippen molar-refractivity contribution in [2.24, 2.45) is 5.92 Å². The van der Waals surface area contributed by atoms with Crippen LogP contribution in [0.15, 0.2) is 11.0 Å². The van der Waals surface area contributed by atoms with Crippen LogP contribution in [0.25, 0.3) is 0 Å². The summed E-state index contributed by atoms with van der Waals surface area (Å²) >= 11 is 7.24. The Balaban J connectivity index is 2.29. The maximum absolute atomic E-state index is 12.6. The molecule has 0 spiro atoms. The first-order valence-corrected chi connectivity index (χ1v) is 8.93. The highest BCUT2D eigenvalue weighted by Gasteiger charge is 2.32. The Labute approximate surface area is 118 Å². The summed E-state index contributed by atoms with van der Waals surface area (Å²) in [5, 5.41) is 0. The Bertz CT molecular complexity index is 520. The Kier molecular flexibility index (Phi) is 4.36. The summed E-state index contributed by atoms with van der Waals surface area (Å²) in [7, 11) is -3.34. The van der Waals surface area contributed by atoms with Crippen molar-refractivity contribution < 1.29 is 8.42 Å². The van der Waals surface area contributed by atoms with Crippen LogP contribution in [-0.4, -0.2) is 25.8 Å². The Hall–Kier alpha value is -0.100. The van der Waals surface area contributed by atoms with Crippen LogP contribution >= 0.6 is 22.9 Å². The highest BCUT2D eigenvalue weighted by Crippen LogP contribution is 2.33. The number of sulfonamides is 1. The number of alkyl halides is 1. The van der Waals surface area contributed by atoms with E-state index >= 15 is 0 Å². The summed E-state index contributed by atoms with van der Waals surface area (Å²) in [6.07, 6.45) is 2.31. The van der Waals surface area contributed by atoms with E-state index in [-0.39, 0.29) is 0 Å². The summed E-state index contributed by atoms with van der Waals surface area (Å²) in [6.45, 7) is 4.93. The molecule has 1 aromatic rings. The predicted molar refractivity (Wildman–Crippen MR) is 75.8 cm³/mol. The molecule has 0 atom stereocenters. The average molecular weight is 308 g/mol. The number of nitrogens with zero attached hydrogens (tertiary/aromatic N) is 1. The van der Waals surface area contributed by atoms with Gasteiger partial charge in [-0.05, 0) is 31.7 Å². The fraction of sp³-hybridized carbons (Fsp3) is 0.667. The van der Waals surface area contributed by atoms with E-state index in [0.29, 0.717) is 29.8 Å². The second-order valence-electron chi connectivity index (χ2n) is 4.67. The molecule has 0 saturated heterocycles. The number of halogens is 1. The van der Waals surface area contributed by atoms with Gasteiger partial charge in [-0.1, -0.05) is 6.92 Å². The van der Waals surface area contributed by atoms with E-state index in [1.54, 1.807) is 10.4 Å². The maximum Gasteiger partial charge on any atom is 0.244 e. The molecule has 1 aromatic heterocycles. The first-order chi connectivity index (χ1) is 8.48. The largest absolute Gasteiger partial charge is 0.244 e. The van der Waals surface area contributed by atoms with Crippen molar-refractivity contribution in [1.29, 1.82) is 0 Å². The second-order valence-corrected chi connectivity index (χ2v) is 8.18. The Morgan fingerprint density at radius 3 is 2.61 bits per heavy atom. The van der Waals surface area contributed by atoms with Gasteiger partial charge in [0.1, 0.15) is 0 Å². The molecule has 0 unspecified atom stereocenters. The summed E-state index contributed by atoms with van der Waals surface area (Å²) in [5.41, 5.74) is 0. The molecule has 1 aliphatic rings. The first kappa shape index (κ1) is 14.3. The quantitative estimate of drug-likeness (QED) is 0.757. The molecule has 1 aliphatic carbocycles. The van der Waals surface area contributed by atoms with E-state index in [9.17, 15) is 8.42 Å². The molecular formula is C12H18ClNO2S2. The van der Waals surface area contributed by atoms with Crippen LogP contribution in [-0.2, 0) is 15.9 Å². The minimum absolute atomic E-state index is 0.371. The zero-order valence-corrected chi connectivity index (χ0v) is 13.0. The number of hydrogen-bond acceptors (Lipinski definition) is 3. The van der Waals surface area contributed by atoms with E-state index in [2.05, 4.69) is 0 Å². The molecule has 2 rings (SSSR count). The molecule has 1 saturated carbocycles. The zero-order valence-electron chi connectivity index (χ0n) is 10.6. The molecule has 1 fully saturated rings. The number of hydrogen-bond donors (Lipinski definition) is 0. The van der Waals surface area contributed by atoms with Crippen molar-refractivity contribution in [1.82, 2.24) is 4.31 Å². The molecule has 102 valence electrons. The first-order valence-electron chi connectivity index (χ1n) is 6.14. The van der Waals surface area contributed by atoms with E-state index in [0.717, 1.165) is 22.6 Å². The molecule has 3 nitrogen and oxygen atoms in total. The van der Waals surface area contributed by atoms with Crippen LogP contribution in [0.5, 0.6) is 0 Å². The molecular weight excluding hydrogens is 290 g/mol. The summed E-state index contributed by atoms with van der Waals surface area (Å²) < 4.78 is 26.7. The van der Waals surface area contributed by atoms with E-state index in [1.165, 1.54) is 11.3 Å².